The maximum absolute atomic E-state index is 14.0. The van der Waals surface area contributed by atoms with Gasteiger partial charge in [0.2, 0.25) is 0 Å². The summed E-state index contributed by atoms with van der Waals surface area (Å²) in [6, 6.07) is 25.4. The van der Waals surface area contributed by atoms with Gasteiger partial charge in [0, 0.05) is 39.6 Å². The van der Waals surface area contributed by atoms with E-state index in [4.69, 9.17) is 16.3 Å². The lowest BCUT2D eigenvalue weighted by molar-refractivity contribution is 0.0594. The topological polar surface area (TPSA) is 104 Å². The Labute approximate surface area is 264 Å². The fourth-order valence-corrected chi connectivity index (χ4v) is 6.63. The van der Waals surface area contributed by atoms with Gasteiger partial charge in [-0.1, -0.05) is 59.6 Å². The number of aryl methyl sites for hydroxylation is 1. The Kier molecular flexibility index (Phi) is 7.17. The first-order valence-electron chi connectivity index (χ1n) is 14.6. The molecule has 0 bridgehead atoms. The number of aromatic nitrogens is 5. The number of carbonyl (C=O) groups is 2. The lowest BCUT2D eigenvalue weighted by Gasteiger charge is -2.40. The summed E-state index contributed by atoms with van der Waals surface area (Å²) in [5, 5.41) is 12.6. The summed E-state index contributed by atoms with van der Waals surface area (Å²) < 4.78 is 8.89. The van der Waals surface area contributed by atoms with Crippen molar-refractivity contribution in [1.29, 1.82) is 0 Å². The van der Waals surface area contributed by atoms with Crippen LogP contribution < -0.4 is 5.32 Å². The number of halogens is 1. The standard InChI is InChI=1S/C35H29ClN6O3/c1-22-8-13-30-27(16-22)32(23-9-12-29(37-18-23)34(44)45-2)31-14-15-35(19-42(30)31,24-6-4-3-5-7-24)40-33(43)26-11-10-25(17-28(26)36)41-20-38-39-21-41/h3-13,16-18,20-21H,14-15,19H2,1-2H3,(H,40,43)/t35-/m1/s1. The van der Waals surface area contributed by atoms with Crippen molar-refractivity contribution in [3.63, 3.8) is 0 Å². The number of fused-ring (bicyclic) bond motifs is 3. The Morgan fingerprint density at radius 3 is 2.49 bits per heavy atom. The molecule has 3 aromatic heterocycles. The molecule has 6 aromatic rings. The molecule has 4 heterocycles. The van der Waals surface area contributed by atoms with E-state index in [1.54, 1.807) is 41.6 Å². The average Bonchev–Trinajstić information content (AvgIpc) is 3.71. The fraction of sp³-hybridized carbons (Fsp3) is 0.171. The molecule has 1 amide bonds. The van der Waals surface area contributed by atoms with Crippen molar-refractivity contribution in [2.45, 2.75) is 31.8 Å². The SMILES string of the molecule is COC(=O)c1ccc(-c2c3n(c4ccc(C)cc24)C[C@@](NC(=O)c2ccc(-n4cnnc4)cc2Cl)(c2ccccc2)CC3)cn1. The van der Waals surface area contributed by atoms with Gasteiger partial charge in [0.05, 0.1) is 29.8 Å². The summed E-state index contributed by atoms with van der Waals surface area (Å²) in [4.78, 5) is 30.4. The summed E-state index contributed by atoms with van der Waals surface area (Å²) in [5.41, 5.74) is 7.07. The average molecular weight is 617 g/mol. The van der Waals surface area contributed by atoms with Gasteiger partial charge >= 0.3 is 5.97 Å². The molecule has 3 aromatic carbocycles. The molecule has 0 fully saturated rings. The molecule has 7 rings (SSSR count). The van der Waals surface area contributed by atoms with Crippen molar-refractivity contribution in [3.8, 4) is 16.8 Å². The molecule has 1 N–H and O–H groups in total. The summed E-state index contributed by atoms with van der Waals surface area (Å²) in [6.07, 6.45) is 6.25. The van der Waals surface area contributed by atoms with Crippen LogP contribution in [0.5, 0.6) is 0 Å². The van der Waals surface area contributed by atoms with Gasteiger partial charge in [0.1, 0.15) is 18.3 Å². The highest BCUT2D eigenvalue weighted by molar-refractivity contribution is 6.34. The third-order valence-corrected chi connectivity index (χ3v) is 8.90. The molecule has 0 spiro atoms. The highest BCUT2D eigenvalue weighted by atomic mass is 35.5. The Morgan fingerprint density at radius 1 is 0.978 bits per heavy atom. The van der Waals surface area contributed by atoms with E-state index in [-0.39, 0.29) is 11.6 Å². The molecule has 0 saturated carbocycles. The first-order valence-corrected chi connectivity index (χ1v) is 14.9. The molecular weight excluding hydrogens is 588 g/mol. The highest BCUT2D eigenvalue weighted by Gasteiger charge is 2.40. The quantitative estimate of drug-likeness (QED) is 0.220. The number of ether oxygens (including phenoxy) is 1. The van der Waals surface area contributed by atoms with Crippen LogP contribution in [0, 0.1) is 6.92 Å². The van der Waals surface area contributed by atoms with Crippen molar-refractivity contribution in [2.75, 3.05) is 7.11 Å². The third kappa shape index (κ3) is 5.05. The Balaban J connectivity index is 1.31. The Morgan fingerprint density at radius 2 is 1.78 bits per heavy atom. The first-order chi connectivity index (χ1) is 21.9. The number of carbonyl (C=O) groups excluding carboxylic acids is 2. The number of benzene rings is 3. The van der Waals surface area contributed by atoms with Crippen LogP contribution in [0.1, 0.15) is 44.1 Å². The number of hydrogen-bond donors (Lipinski definition) is 1. The van der Waals surface area contributed by atoms with Gasteiger partial charge in [-0.15, -0.1) is 10.2 Å². The third-order valence-electron chi connectivity index (χ3n) is 8.58. The van der Waals surface area contributed by atoms with E-state index in [0.29, 0.717) is 30.0 Å². The number of pyridine rings is 1. The van der Waals surface area contributed by atoms with Crippen LogP contribution in [-0.4, -0.2) is 43.3 Å². The summed E-state index contributed by atoms with van der Waals surface area (Å²) in [6.45, 7) is 2.59. The molecule has 224 valence electrons. The number of nitrogens with one attached hydrogen (secondary N) is 1. The summed E-state index contributed by atoms with van der Waals surface area (Å²) in [7, 11) is 1.35. The second kappa shape index (κ2) is 11.3. The lowest BCUT2D eigenvalue weighted by Crippen LogP contribution is -2.51. The minimum atomic E-state index is -0.706. The zero-order valence-corrected chi connectivity index (χ0v) is 25.5. The molecule has 1 aliphatic rings. The molecular formula is C35H29ClN6O3. The highest BCUT2D eigenvalue weighted by Crippen LogP contribution is 2.43. The predicted octanol–water partition coefficient (Wildman–Crippen LogP) is 6.30. The van der Waals surface area contributed by atoms with Crippen LogP contribution >= 0.6 is 11.6 Å². The Bertz CT molecular complexity index is 2060. The Hall–Kier alpha value is -5.28. The molecule has 9 nitrogen and oxygen atoms in total. The van der Waals surface area contributed by atoms with E-state index >= 15 is 0 Å². The summed E-state index contributed by atoms with van der Waals surface area (Å²) in [5.74, 6) is -0.726. The van der Waals surface area contributed by atoms with Crippen LogP contribution in [0.3, 0.4) is 0 Å². The van der Waals surface area contributed by atoms with Crippen LogP contribution in [-0.2, 0) is 23.2 Å². The fourth-order valence-electron chi connectivity index (χ4n) is 6.37. The molecule has 0 unspecified atom stereocenters. The smallest absolute Gasteiger partial charge is 0.356 e. The van der Waals surface area contributed by atoms with E-state index < -0.39 is 11.5 Å². The van der Waals surface area contributed by atoms with Crippen LogP contribution in [0.2, 0.25) is 5.02 Å². The number of methoxy groups -OCH3 is 1. The maximum atomic E-state index is 14.0. The second-order valence-corrected chi connectivity index (χ2v) is 11.7. The van der Waals surface area contributed by atoms with Crippen LogP contribution in [0.25, 0.3) is 27.7 Å². The van der Waals surface area contributed by atoms with Crippen LogP contribution in [0.15, 0.2) is 97.7 Å². The van der Waals surface area contributed by atoms with Gasteiger partial charge < -0.3 is 14.6 Å². The van der Waals surface area contributed by atoms with Crippen molar-refractivity contribution in [3.05, 3.63) is 131 Å². The first kappa shape index (κ1) is 28.5. The second-order valence-electron chi connectivity index (χ2n) is 11.3. The van der Waals surface area contributed by atoms with Crippen molar-refractivity contribution in [2.24, 2.45) is 0 Å². The minimum absolute atomic E-state index is 0.252. The molecule has 0 aliphatic carbocycles. The van der Waals surface area contributed by atoms with Gasteiger partial charge in [0.15, 0.2) is 0 Å². The normalized spacial score (nSPS) is 15.9. The van der Waals surface area contributed by atoms with Gasteiger partial charge in [-0.25, -0.2) is 9.78 Å². The molecule has 1 atom stereocenters. The number of hydrogen-bond acceptors (Lipinski definition) is 6. The summed E-state index contributed by atoms with van der Waals surface area (Å²) >= 11 is 6.68. The van der Waals surface area contributed by atoms with Crippen LogP contribution in [0.4, 0.5) is 0 Å². The van der Waals surface area contributed by atoms with E-state index in [9.17, 15) is 9.59 Å². The van der Waals surface area contributed by atoms with Crippen molar-refractivity contribution < 1.29 is 14.3 Å². The number of amides is 1. The predicted molar refractivity (Wildman–Crippen MR) is 172 cm³/mol. The van der Waals surface area contributed by atoms with E-state index in [1.807, 2.05) is 30.3 Å². The molecule has 0 radical (unpaired) electrons. The van der Waals surface area contributed by atoms with Gasteiger partial charge in [-0.05, 0) is 61.7 Å². The van der Waals surface area contributed by atoms with E-state index in [1.165, 1.54) is 7.11 Å². The molecule has 0 saturated heterocycles. The van der Waals surface area contributed by atoms with Crippen molar-refractivity contribution >= 4 is 34.4 Å². The maximum Gasteiger partial charge on any atom is 0.356 e. The molecule has 45 heavy (non-hydrogen) atoms. The zero-order valence-electron chi connectivity index (χ0n) is 24.7. The van der Waals surface area contributed by atoms with E-state index in [0.717, 1.165) is 44.5 Å². The van der Waals surface area contributed by atoms with Crippen molar-refractivity contribution in [1.82, 2.24) is 29.6 Å². The van der Waals surface area contributed by atoms with E-state index in [2.05, 4.69) is 62.3 Å². The van der Waals surface area contributed by atoms with Gasteiger partial charge in [-0.3, -0.25) is 9.36 Å². The molecule has 1 aliphatic heterocycles. The largest absolute Gasteiger partial charge is 0.464 e. The van der Waals surface area contributed by atoms with Gasteiger partial charge in [0.25, 0.3) is 5.91 Å². The number of rotatable bonds is 6. The molecule has 10 heteroatoms. The lowest BCUT2D eigenvalue weighted by atomic mass is 9.81. The zero-order chi connectivity index (χ0) is 31.1. The number of esters is 1. The van der Waals surface area contributed by atoms with Gasteiger partial charge in [-0.2, -0.15) is 0 Å². The minimum Gasteiger partial charge on any atom is -0.464 e. The number of nitrogens with zero attached hydrogens (tertiary/aromatic N) is 5. The monoisotopic (exact) mass is 616 g/mol.